The second-order valence-electron chi connectivity index (χ2n) is 5.34. The number of carbonyl (C=O) groups excluding carboxylic acids is 1. The molecule has 92 valence electrons. The van der Waals surface area contributed by atoms with Crippen LogP contribution in [0.5, 0.6) is 0 Å². The number of nitrogens with one attached hydrogen (secondary N) is 1. The van der Waals surface area contributed by atoms with Crippen LogP contribution in [0.4, 0.5) is 4.79 Å². The topological polar surface area (TPSA) is 41.6 Å². The molecule has 0 aromatic carbocycles. The molecule has 1 amide bonds. The Labute approximate surface area is 97.3 Å². The van der Waals surface area contributed by atoms with Crippen LogP contribution in [-0.4, -0.2) is 43.8 Å². The molecule has 1 saturated carbocycles. The maximum Gasteiger partial charge on any atom is 0.407 e. The number of ether oxygens (including phenoxy) is 1. The number of nitrogens with zero attached hydrogens (tertiary/aromatic N) is 1. The summed E-state index contributed by atoms with van der Waals surface area (Å²) in [6.45, 7) is 5.63. The van der Waals surface area contributed by atoms with Gasteiger partial charge in [0.1, 0.15) is 0 Å². The van der Waals surface area contributed by atoms with Gasteiger partial charge in [-0.05, 0) is 31.1 Å². The number of carbonyl (C=O) groups is 1. The lowest BCUT2D eigenvalue weighted by Gasteiger charge is -2.36. The molecule has 2 atom stereocenters. The van der Waals surface area contributed by atoms with Gasteiger partial charge in [0, 0.05) is 25.7 Å². The van der Waals surface area contributed by atoms with Crippen LogP contribution in [0.1, 0.15) is 26.2 Å². The molecule has 0 spiro atoms. The van der Waals surface area contributed by atoms with Crippen LogP contribution < -0.4 is 5.32 Å². The lowest BCUT2D eigenvalue weighted by molar-refractivity contribution is 0.127. The van der Waals surface area contributed by atoms with Crippen LogP contribution in [0.25, 0.3) is 0 Å². The van der Waals surface area contributed by atoms with E-state index in [1.807, 2.05) is 0 Å². The Hall–Kier alpha value is -0.770. The van der Waals surface area contributed by atoms with Crippen LogP contribution in [0.3, 0.4) is 0 Å². The predicted octanol–water partition coefficient (Wildman–Crippen LogP) is 1.46. The molecule has 16 heavy (non-hydrogen) atoms. The Morgan fingerprint density at radius 3 is 2.81 bits per heavy atom. The molecule has 4 nitrogen and oxygen atoms in total. The Morgan fingerprint density at radius 2 is 2.19 bits per heavy atom. The highest BCUT2D eigenvalue weighted by atomic mass is 16.5. The molecule has 2 fully saturated rings. The summed E-state index contributed by atoms with van der Waals surface area (Å²) in [5.74, 6) is 1.58. The largest absolute Gasteiger partial charge is 0.453 e. The van der Waals surface area contributed by atoms with E-state index in [1.165, 1.54) is 33.0 Å². The normalized spacial score (nSPS) is 31.1. The standard InChI is InChI=1S/C12H22N2O2/c1-9-5-11(13-12(15)16-2)8-14(6-9)7-10-3-4-10/h9-11H,3-8H2,1-2H3,(H,13,15). The number of piperidine rings is 1. The van der Waals surface area contributed by atoms with Crippen LogP contribution in [0.2, 0.25) is 0 Å². The van der Waals surface area contributed by atoms with E-state index >= 15 is 0 Å². The number of alkyl carbamates (subject to hydrolysis) is 1. The van der Waals surface area contributed by atoms with Gasteiger partial charge in [-0.2, -0.15) is 0 Å². The fraction of sp³-hybridized carbons (Fsp3) is 0.917. The summed E-state index contributed by atoms with van der Waals surface area (Å²) >= 11 is 0. The van der Waals surface area contributed by atoms with E-state index in [2.05, 4.69) is 21.9 Å². The summed E-state index contributed by atoms with van der Waals surface area (Å²) < 4.78 is 4.65. The number of methoxy groups -OCH3 is 1. The molecular weight excluding hydrogens is 204 g/mol. The second-order valence-corrected chi connectivity index (χ2v) is 5.34. The zero-order chi connectivity index (χ0) is 11.5. The predicted molar refractivity (Wildman–Crippen MR) is 62.3 cm³/mol. The van der Waals surface area contributed by atoms with Crippen molar-refractivity contribution in [3.05, 3.63) is 0 Å². The van der Waals surface area contributed by atoms with Gasteiger partial charge in [-0.1, -0.05) is 6.92 Å². The van der Waals surface area contributed by atoms with Gasteiger partial charge in [0.15, 0.2) is 0 Å². The van der Waals surface area contributed by atoms with Crippen LogP contribution in [0.15, 0.2) is 0 Å². The number of amides is 1. The third-order valence-corrected chi connectivity index (χ3v) is 3.46. The molecule has 0 radical (unpaired) electrons. The van der Waals surface area contributed by atoms with Gasteiger partial charge in [-0.15, -0.1) is 0 Å². The molecule has 1 N–H and O–H groups in total. The van der Waals surface area contributed by atoms with Crippen molar-refractivity contribution in [1.82, 2.24) is 10.2 Å². The monoisotopic (exact) mass is 226 g/mol. The molecule has 2 aliphatic rings. The van der Waals surface area contributed by atoms with E-state index in [9.17, 15) is 4.79 Å². The van der Waals surface area contributed by atoms with Crippen molar-refractivity contribution in [3.8, 4) is 0 Å². The van der Waals surface area contributed by atoms with Crippen LogP contribution in [-0.2, 0) is 4.74 Å². The highest BCUT2D eigenvalue weighted by Crippen LogP contribution is 2.31. The van der Waals surface area contributed by atoms with E-state index in [0.29, 0.717) is 5.92 Å². The molecule has 0 aromatic rings. The first-order valence-electron chi connectivity index (χ1n) is 6.24. The lowest BCUT2D eigenvalue weighted by Crippen LogP contribution is -2.50. The zero-order valence-corrected chi connectivity index (χ0v) is 10.2. The minimum atomic E-state index is -0.300. The molecule has 0 aromatic heterocycles. The number of hydrogen-bond acceptors (Lipinski definition) is 3. The Kier molecular flexibility index (Phi) is 3.69. The first-order chi connectivity index (χ1) is 7.67. The second kappa shape index (κ2) is 5.04. The van der Waals surface area contributed by atoms with Gasteiger partial charge < -0.3 is 15.0 Å². The third-order valence-electron chi connectivity index (χ3n) is 3.46. The maximum atomic E-state index is 11.2. The van der Waals surface area contributed by atoms with E-state index in [1.54, 1.807) is 0 Å². The smallest absolute Gasteiger partial charge is 0.407 e. The van der Waals surface area contributed by atoms with E-state index < -0.39 is 0 Å². The minimum Gasteiger partial charge on any atom is -0.453 e. The van der Waals surface area contributed by atoms with Crippen molar-refractivity contribution in [2.24, 2.45) is 11.8 Å². The highest BCUT2D eigenvalue weighted by Gasteiger charge is 2.30. The van der Waals surface area contributed by atoms with Crippen molar-refractivity contribution in [3.63, 3.8) is 0 Å². The first-order valence-corrected chi connectivity index (χ1v) is 6.24. The molecule has 2 unspecified atom stereocenters. The third kappa shape index (κ3) is 3.37. The van der Waals surface area contributed by atoms with Crippen LogP contribution >= 0.6 is 0 Å². The molecule has 4 heteroatoms. The molecule has 1 aliphatic carbocycles. The minimum absolute atomic E-state index is 0.259. The summed E-state index contributed by atoms with van der Waals surface area (Å²) in [5, 5.41) is 2.92. The van der Waals surface area contributed by atoms with Crippen molar-refractivity contribution in [2.75, 3.05) is 26.7 Å². The quantitative estimate of drug-likeness (QED) is 0.792. The van der Waals surface area contributed by atoms with Gasteiger partial charge in [-0.3, -0.25) is 0 Å². The fourth-order valence-electron chi connectivity index (χ4n) is 2.61. The number of rotatable bonds is 3. The Balaban J connectivity index is 1.80. The molecule has 1 heterocycles. The van der Waals surface area contributed by atoms with E-state index in [4.69, 9.17) is 0 Å². The van der Waals surface area contributed by atoms with Gasteiger partial charge in [0.25, 0.3) is 0 Å². The summed E-state index contributed by atoms with van der Waals surface area (Å²) in [5.41, 5.74) is 0. The van der Waals surface area contributed by atoms with E-state index in [-0.39, 0.29) is 12.1 Å². The van der Waals surface area contributed by atoms with Crippen LogP contribution in [0, 0.1) is 11.8 Å². The lowest BCUT2D eigenvalue weighted by atomic mass is 9.96. The summed E-state index contributed by atoms with van der Waals surface area (Å²) in [4.78, 5) is 13.7. The van der Waals surface area contributed by atoms with Gasteiger partial charge >= 0.3 is 6.09 Å². The molecular formula is C12H22N2O2. The summed E-state index contributed by atoms with van der Waals surface area (Å²) in [6, 6.07) is 0.259. The number of likely N-dealkylation sites (tertiary alicyclic amines) is 1. The molecule has 0 bridgehead atoms. The number of hydrogen-bond donors (Lipinski definition) is 1. The maximum absolute atomic E-state index is 11.2. The van der Waals surface area contributed by atoms with Gasteiger partial charge in [0.05, 0.1) is 7.11 Å². The SMILES string of the molecule is COC(=O)NC1CC(C)CN(CC2CC2)C1. The first kappa shape index (κ1) is 11.7. The fourth-order valence-corrected chi connectivity index (χ4v) is 2.61. The van der Waals surface area contributed by atoms with Gasteiger partial charge in [-0.25, -0.2) is 4.79 Å². The average Bonchev–Trinajstić information content (AvgIpc) is 3.00. The van der Waals surface area contributed by atoms with E-state index in [0.717, 1.165) is 18.9 Å². The van der Waals surface area contributed by atoms with Crippen molar-refractivity contribution in [1.29, 1.82) is 0 Å². The molecule has 1 aliphatic heterocycles. The molecule has 2 rings (SSSR count). The van der Waals surface area contributed by atoms with Crippen molar-refractivity contribution in [2.45, 2.75) is 32.2 Å². The summed E-state index contributed by atoms with van der Waals surface area (Å²) in [7, 11) is 1.42. The highest BCUT2D eigenvalue weighted by molar-refractivity contribution is 5.67. The van der Waals surface area contributed by atoms with Crippen molar-refractivity contribution < 1.29 is 9.53 Å². The zero-order valence-electron chi connectivity index (χ0n) is 10.2. The Bertz CT molecular complexity index is 251. The van der Waals surface area contributed by atoms with Crippen molar-refractivity contribution >= 4 is 6.09 Å². The molecule has 1 saturated heterocycles. The average molecular weight is 226 g/mol. The van der Waals surface area contributed by atoms with Gasteiger partial charge in [0.2, 0.25) is 0 Å². The Morgan fingerprint density at radius 1 is 1.44 bits per heavy atom. The summed E-state index contributed by atoms with van der Waals surface area (Å²) in [6.07, 6.45) is 3.54.